The zero-order chi connectivity index (χ0) is 9.84. The summed E-state index contributed by atoms with van der Waals surface area (Å²) in [6.45, 7) is 0. The number of para-hydroxylation sites is 1. The third-order valence-corrected chi connectivity index (χ3v) is 1.53. The molecule has 4 N–H and O–H groups in total. The minimum Gasteiger partial charge on any atom is -0.495 e. The average Bonchev–Trinajstić information content (AvgIpc) is 2.08. The molecule has 1 aromatic carbocycles. The van der Waals surface area contributed by atoms with Crippen molar-refractivity contribution < 1.29 is 14.6 Å². The van der Waals surface area contributed by atoms with E-state index >= 15 is 0 Å². The number of carboxylic acid groups (broad SMARTS) is 1. The van der Waals surface area contributed by atoms with Gasteiger partial charge in [0, 0.05) is 0 Å². The lowest BCUT2D eigenvalue weighted by atomic mass is 10.2. The highest BCUT2D eigenvalue weighted by molar-refractivity contribution is 5.89. The van der Waals surface area contributed by atoms with Crippen LogP contribution in [-0.2, 0) is 0 Å². The number of benzene rings is 1. The van der Waals surface area contributed by atoms with E-state index in [1.165, 1.54) is 7.11 Å². The summed E-state index contributed by atoms with van der Waals surface area (Å²) in [5.41, 5.74) is 6.20. The first kappa shape index (κ1) is 9.18. The third-order valence-electron chi connectivity index (χ3n) is 1.53. The SMILES string of the molecule is COc1cccc(NC(=O)O)c1N. The van der Waals surface area contributed by atoms with Gasteiger partial charge in [-0.05, 0) is 12.1 Å². The van der Waals surface area contributed by atoms with Crippen molar-refractivity contribution in [1.29, 1.82) is 0 Å². The number of methoxy groups -OCH3 is 1. The summed E-state index contributed by atoms with van der Waals surface area (Å²) in [5, 5.41) is 10.6. The fourth-order valence-corrected chi connectivity index (χ4v) is 0.946. The van der Waals surface area contributed by atoms with Gasteiger partial charge in [-0.25, -0.2) is 4.79 Å². The Hall–Kier alpha value is -1.91. The van der Waals surface area contributed by atoms with Crippen LogP contribution >= 0.6 is 0 Å². The van der Waals surface area contributed by atoms with Gasteiger partial charge < -0.3 is 15.6 Å². The van der Waals surface area contributed by atoms with Crippen molar-refractivity contribution >= 4 is 17.5 Å². The van der Waals surface area contributed by atoms with E-state index in [1.807, 2.05) is 0 Å². The van der Waals surface area contributed by atoms with E-state index in [9.17, 15) is 4.79 Å². The number of nitrogen functional groups attached to an aromatic ring is 1. The molecule has 0 unspecified atom stereocenters. The molecule has 70 valence electrons. The van der Waals surface area contributed by atoms with Gasteiger partial charge in [-0.1, -0.05) is 6.07 Å². The quantitative estimate of drug-likeness (QED) is 0.603. The highest BCUT2D eigenvalue weighted by atomic mass is 16.5. The number of carbonyl (C=O) groups is 1. The molecule has 0 aliphatic rings. The van der Waals surface area contributed by atoms with E-state index in [-0.39, 0.29) is 5.69 Å². The van der Waals surface area contributed by atoms with E-state index in [2.05, 4.69) is 5.32 Å². The van der Waals surface area contributed by atoms with Crippen molar-refractivity contribution in [2.75, 3.05) is 18.2 Å². The molecule has 1 amide bonds. The van der Waals surface area contributed by atoms with Gasteiger partial charge in [0.1, 0.15) is 5.75 Å². The van der Waals surface area contributed by atoms with Crippen molar-refractivity contribution in [1.82, 2.24) is 0 Å². The number of hydrogen-bond acceptors (Lipinski definition) is 3. The molecule has 0 saturated heterocycles. The summed E-state index contributed by atoms with van der Waals surface area (Å²) < 4.78 is 4.91. The molecular weight excluding hydrogens is 172 g/mol. The van der Waals surface area contributed by atoms with Crippen molar-refractivity contribution in [2.45, 2.75) is 0 Å². The Morgan fingerprint density at radius 2 is 2.31 bits per heavy atom. The van der Waals surface area contributed by atoms with Gasteiger partial charge in [-0.2, -0.15) is 0 Å². The van der Waals surface area contributed by atoms with Crippen LogP contribution in [0.2, 0.25) is 0 Å². The lowest BCUT2D eigenvalue weighted by Crippen LogP contribution is -2.09. The first-order valence-electron chi connectivity index (χ1n) is 3.57. The molecule has 5 heteroatoms. The molecule has 0 aromatic heterocycles. The van der Waals surface area contributed by atoms with E-state index < -0.39 is 6.09 Å². The molecule has 0 saturated carbocycles. The summed E-state index contributed by atoms with van der Waals surface area (Å²) in [6.07, 6.45) is -1.15. The lowest BCUT2D eigenvalue weighted by molar-refractivity contribution is 0.210. The van der Waals surface area contributed by atoms with E-state index in [1.54, 1.807) is 18.2 Å². The second-order valence-electron chi connectivity index (χ2n) is 2.35. The highest BCUT2D eigenvalue weighted by Crippen LogP contribution is 2.28. The Labute approximate surface area is 75.1 Å². The Kier molecular flexibility index (Phi) is 2.59. The first-order chi connectivity index (χ1) is 6.15. The Morgan fingerprint density at radius 3 is 2.85 bits per heavy atom. The summed E-state index contributed by atoms with van der Waals surface area (Å²) in [5.74, 6) is 0.450. The molecule has 1 rings (SSSR count). The summed E-state index contributed by atoms with van der Waals surface area (Å²) >= 11 is 0. The maximum atomic E-state index is 10.3. The molecule has 0 spiro atoms. The molecule has 1 aromatic rings. The van der Waals surface area contributed by atoms with E-state index in [0.717, 1.165) is 0 Å². The fourth-order valence-electron chi connectivity index (χ4n) is 0.946. The number of hydrogen-bond donors (Lipinski definition) is 3. The van der Waals surface area contributed by atoms with Crippen LogP contribution < -0.4 is 15.8 Å². The van der Waals surface area contributed by atoms with Crippen LogP contribution in [0.5, 0.6) is 5.75 Å². The van der Waals surface area contributed by atoms with Gasteiger partial charge >= 0.3 is 6.09 Å². The van der Waals surface area contributed by atoms with Crippen molar-refractivity contribution in [3.8, 4) is 5.75 Å². The van der Waals surface area contributed by atoms with E-state index in [0.29, 0.717) is 11.4 Å². The largest absolute Gasteiger partial charge is 0.495 e. The monoisotopic (exact) mass is 182 g/mol. The van der Waals surface area contributed by atoms with Crippen LogP contribution in [0.4, 0.5) is 16.2 Å². The highest BCUT2D eigenvalue weighted by Gasteiger charge is 2.06. The summed E-state index contributed by atoms with van der Waals surface area (Å²) in [7, 11) is 1.47. The van der Waals surface area contributed by atoms with Crippen LogP contribution in [0.15, 0.2) is 18.2 Å². The van der Waals surface area contributed by atoms with Crippen LogP contribution in [0.1, 0.15) is 0 Å². The smallest absolute Gasteiger partial charge is 0.409 e. The molecule has 0 fully saturated rings. The Morgan fingerprint density at radius 1 is 1.62 bits per heavy atom. The number of ether oxygens (including phenoxy) is 1. The zero-order valence-corrected chi connectivity index (χ0v) is 7.07. The molecule has 0 heterocycles. The minimum atomic E-state index is -1.15. The average molecular weight is 182 g/mol. The summed E-state index contributed by atoms with van der Waals surface area (Å²) in [4.78, 5) is 10.3. The molecule has 0 atom stereocenters. The molecule has 0 aliphatic heterocycles. The van der Waals surface area contributed by atoms with Crippen molar-refractivity contribution in [3.63, 3.8) is 0 Å². The van der Waals surface area contributed by atoms with Gasteiger partial charge in [-0.15, -0.1) is 0 Å². The zero-order valence-electron chi connectivity index (χ0n) is 7.07. The standard InChI is InChI=1S/C8H10N2O3/c1-13-6-4-2-3-5(7(6)9)10-8(11)12/h2-4,10H,9H2,1H3,(H,11,12). The maximum absolute atomic E-state index is 10.3. The minimum absolute atomic E-state index is 0.285. The number of rotatable bonds is 2. The fraction of sp³-hybridized carbons (Fsp3) is 0.125. The van der Waals surface area contributed by atoms with Crippen LogP contribution in [-0.4, -0.2) is 18.3 Å². The number of nitrogens with two attached hydrogens (primary N) is 1. The van der Waals surface area contributed by atoms with Gasteiger partial charge in [0.05, 0.1) is 18.5 Å². The van der Waals surface area contributed by atoms with Crippen LogP contribution in [0.25, 0.3) is 0 Å². The van der Waals surface area contributed by atoms with Crippen molar-refractivity contribution in [3.05, 3.63) is 18.2 Å². The summed E-state index contributed by atoms with van der Waals surface area (Å²) in [6, 6.07) is 4.87. The predicted molar refractivity (Wildman–Crippen MR) is 49.1 cm³/mol. The molecule has 13 heavy (non-hydrogen) atoms. The Balaban J connectivity index is 3.01. The topological polar surface area (TPSA) is 84.6 Å². The molecule has 5 nitrogen and oxygen atoms in total. The Bertz CT molecular complexity index is 325. The van der Waals surface area contributed by atoms with Gasteiger partial charge in [0.25, 0.3) is 0 Å². The number of nitrogens with one attached hydrogen (secondary N) is 1. The van der Waals surface area contributed by atoms with Gasteiger partial charge in [0.15, 0.2) is 0 Å². The second-order valence-corrected chi connectivity index (χ2v) is 2.35. The van der Waals surface area contributed by atoms with Crippen LogP contribution in [0.3, 0.4) is 0 Å². The maximum Gasteiger partial charge on any atom is 0.409 e. The van der Waals surface area contributed by atoms with Crippen molar-refractivity contribution in [2.24, 2.45) is 0 Å². The van der Waals surface area contributed by atoms with Gasteiger partial charge in [-0.3, -0.25) is 5.32 Å². The molecule has 0 radical (unpaired) electrons. The van der Waals surface area contributed by atoms with Gasteiger partial charge in [0.2, 0.25) is 0 Å². The number of anilines is 2. The van der Waals surface area contributed by atoms with Crippen LogP contribution in [0, 0.1) is 0 Å². The number of amides is 1. The normalized spacial score (nSPS) is 9.31. The van der Waals surface area contributed by atoms with E-state index in [4.69, 9.17) is 15.6 Å². The second kappa shape index (κ2) is 3.66. The predicted octanol–water partition coefficient (Wildman–Crippen LogP) is 1.37. The molecule has 0 aliphatic carbocycles. The lowest BCUT2D eigenvalue weighted by Gasteiger charge is -2.08. The third kappa shape index (κ3) is 2.02. The molecule has 0 bridgehead atoms. The first-order valence-corrected chi connectivity index (χ1v) is 3.57. The molecular formula is C8H10N2O3.